The third-order valence-corrected chi connectivity index (χ3v) is 3.08. The molecule has 0 atom stereocenters. The van der Waals surface area contributed by atoms with Crippen LogP contribution >= 0.6 is 0 Å². The van der Waals surface area contributed by atoms with Gasteiger partial charge in [0.05, 0.1) is 0 Å². The molecule has 5 nitrogen and oxygen atoms in total. The van der Waals surface area contributed by atoms with Crippen LogP contribution in [0.25, 0.3) is 0 Å². The zero-order valence-electron chi connectivity index (χ0n) is 13.2. The third-order valence-electron chi connectivity index (χ3n) is 3.08. The molecule has 1 amide bonds. The van der Waals surface area contributed by atoms with Crippen LogP contribution in [-0.2, 0) is 9.47 Å². The third kappa shape index (κ3) is 6.80. The lowest BCUT2D eigenvalue weighted by atomic mass is 10.1. The molecule has 116 valence electrons. The molecule has 0 aromatic heterocycles. The van der Waals surface area contributed by atoms with Gasteiger partial charge >= 0.3 is 6.09 Å². The molecule has 0 aromatic rings. The van der Waals surface area contributed by atoms with E-state index in [0.29, 0.717) is 12.6 Å². The maximum atomic E-state index is 11.8. The first-order valence-corrected chi connectivity index (χ1v) is 7.24. The summed E-state index contributed by atoms with van der Waals surface area (Å²) >= 11 is 0. The molecule has 0 saturated carbocycles. The van der Waals surface area contributed by atoms with Crippen LogP contribution in [0.4, 0.5) is 4.79 Å². The SMILES string of the molecule is C=C(CCN(C)C(=O)OC(C)(C)C)NC1CCOCC1. The predicted molar refractivity (Wildman–Crippen MR) is 79.6 cm³/mol. The van der Waals surface area contributed by atoms with Crippen LogP contribution < -0.4 is 5.32 Å². The van der Waals surface area contributed by atoms with Gasteiger partial charge < -0.3 is 19.7 Å². The number of hydrogen-bond donors (Lipinski definition) is 1. The van der Waals surface area contributed by atoms with Gasteiger partial charge in [0, 0.05) is 45.0 Å². The van der Waals surface area contributed by atoms with E-state index >= 15 is 0 Å². The van der Waals surface area contributed by atoms with Gasteiger partial charge in [-0.1, -0.05) is 6.58 Å². The van der Waals surface area contributed by atoms with E-state index in [0.717, 1.165) is 38.2 Å². The molecule has 1 fully saturated rings. The number of amides is 1. The average Bonchev–Trinajstić information content (AvgIpc) is 2.35. The van der Waals surface area contributed by atoms with Crippen molar-refractivity contribution in [1.29, 1.82) is 0 Å². The molecule has 5 heteroatoms. The van der Waals surface area contributed by atoms with Crippen LogP contribution in [0, 0.1) is 0 Å². The Labute approximate surface area is 122 Å². The first-order chi connectivity index (χ1) is 9.28. The highest BCUT2D eigenvalue weighted by Gasteiger charge is 2.19. The Morgan fingerprint density at radius 2 is 2.00 bits per heavy atom. The van der Waals surface area contributed by atoms with E-state index in [1.54, 1.807) is 11.9 Å². The lowest BCUT2D eigenvalue weighted by Crippen LogP contribution is -2.37. The zero-order chi connectivity index (χ0) is 15.2. The number of carbonyl (C=O) groups is 1. The van der Waals surface area contributed by atoms with E-state index < -0.39 is 5.60 Å². The van der Waals surface area contributed by atoms with Crippen molar-refractivity contribution in [2.75, 3.05) is 26.8 Å². The minimum Gasteiger partial charge on any atom is -0.444 e. The summed E-state index contributed by atoms with van der Waals surface area (Å²) in [6.45, 7) is 11.8. The van der Waals surface area contributed by atoms with Crippen LogP contribution in [0.1, 0.15) is 40.0 Å². The lowest BCUT2D eigenvalue weighted by molar-refractivity contribution is 0.0300. The second kappa shape index (κ2) is 7.53. The molecule has 0 unspecified atom stereocenters. The van der Waals surface area contributed by atoms with Gasteiger partial charge in [-0.25, -0.2) is 4.79 Å². The highest BCUT2D eigenvalue weighted by atomic mass is 16.6. The molecule has 20 heavy (non-hydrogen) atoms. The summed E-state index contributed by atoms with van der Waals surface area (Å²) in [4.78, 5) is 13.4. The molecular formula is C15H28N2O3. The molecule has 1 heterocycles. The molecule has 1 N–H and O–H groups in total. The topological polar surface area (TPSA) is 50.8 Å². The minimum absolute atomic E-state index is 0.295. The number of rotatable bonds is 5. The molecule has 0 aromatic carbocycles. The number of nitrogens with zero attached hydrogens (tertiary/aromatic N) is 1. The molecule has 0 radical (unpaired) electrons. The predicted octanol–water partition coefficient (Wildman–Crippen LogP) is 2.53. The summed E-state index contributed by atoms with van der Waals surface area (Å²) in [5, 5.41) is 3.41. The Morgan fingerprint density at radius 3 is 2.55 bits per heavy atom. The normalized spacial score (nSPS) is 16.6. The average molecular weight is 284 g/mol. The van der Waals surface area contributed by atoms with Crippen molar-refractivity contribution >= 4 is 6.09 Å². The second-order valence-corrected chi connectivity index (χ2v) is 6.29. The maximum Gasteiger partial charge on any atom is 0.410 e. The van der Waals surface area contributed by atoms with Gasteiger partial charge in [0.15, 0.2) is 0 Å². The first-order valence-electron chi connectivity index (χ1n) is 7.24. The molecule has 0 aliphatic carbocycles. The van der Waals surface area contributed by atoms with Crippen molar-refractivity contribution in [3.8, 4) is 0 Å². The molecule has 1 rings (SSSR count). The Balaban J connectivity index is 2.24. The minimum atomic E-state index is -0.456. The standard InChI is InChI=1S/C15H28N2O3/c1-12(16-13-7-10-19-11-8-13)6-9-17(5)14(18)20-15(2,3)4/h13,16H,1,6-11H2,2-5H3. The van der Waals surface area contributed by atoms with Crippen molar-refractivity contribution < 1.29 is 14.3 Å². The first kappa shape index (κ1) is 16.8. The maximum absolute atomic E-state index is 11.8. The number of carbonyl (C=O) groups excluding carboxylic acids is 1. The molecule has 1 saturated heterocycles. The van der Waals surface area contributed by atoms with E-state index in [2.05, 4.69) is 11.9 Å². The lowest BCUT2D eigenvalue weighted by Gasteiger charge is -2.27. The smallest absolute Gasteiger partial charge is 0.410 e. The van der Waals surface area contributed by atoms with Crippen LogP contribution in [0.3, 0.4) is 0 Å². The van der Waals surface area contributed by atoms with Gasteiger partial charge in [-0.05, 0) is 33.6 Å². The second-order valence-electron chi connectivity index (χ2n) is 6.29. The Bertz CT molecular complexity index is 331. The van der Waals surface area contributed by atoms with Crippen LogP contribution in [0.15, 0.2) is 12.3 Å². The highest BCUT2D eigenvalue weighted by molar-refractivity contribution is 5.67. The van der Waals surface area contributed by atoms with Gasteiger partial charge in [-0.2, -0.15) is 0 Å². The summed E-state index contributed by atoms with van der Waals surface area (Å²) in [7, 11) is 1.75. The molecule has 1 aliphatic rings. The van der Waals surface area contributed by atoms with E-state index in [1.807, 2.05) is 20.8 Å². The highest BCUT2D eigenvalue weighted by Crippen LogP contribution is 2.11. The molecule has 1 aliphatic heterocycles. The van der Waals surface area contributed by atoms with E-state index in [9.17, 15) is 4.79 Å². The van der Waals surface area contributed by atoms with E-state index in [4.69, 9.17) is 9.47 Å². The summed E-state index contributed by atoms with van der Waals surface area (Å²) < 4.78 is 10.6. The molecular weight excluding hydrogens is 256 g/mol. The fourth-order valence-electron chi connectivity index (χ4n) is 1.94. The summed E-state index contributed by atoms with van der Waals surface area (Å²) in [5.41, 5.74) is 0.509. The molecule has 0 spiro atoms. The number of ether oxygens (including phenoxy) is 2. The van der Waals surface area contributed by atoms with Crippen LogP contribution in [-0.4, -0.2) is 49.4 Å². The van der Waals surface area contributed by atoms with Crippen molar-refractivity contribution in [2.24, 2.45) is 0 Å². The van der Waals surface area contributed by atoms with Gasteiger partial charge in [0.25, 0.3) is 0 Å². The monoisotopic (exact) mass is 284 g/mol. The van der Waals surface area contributed by atoms with Gasteiger partial charge in [0.2, 0.25) is 0 Å². The molecule has 0 bridgehead atoms. The quantitative estimate of drug-likeness (QED) is 0.843. The largest absolute Gasteiger partial charge is 0.444 e. The summed E-state index contributed by atoms with van der Waals surface area (Å²) in [6, 6.07) is 0.447. The fourth-order valence-corrected chi connectivity index (χ4v) is 1.94. The van der Waals surface area contributed by atoms with Gasteiger partial charge in [0.1, 0.15) is 5.60 Å². The van der Waals surface area contributed by atoms with E-state index in [1.165, 1.54) is 0 Å². The Kier molecular flexibility index (Phi) is 6.33. The van der Waals surface area contributed by atoms with E-state index in [-0.39, 0.29) is 6.09 Å². The van der Waals surface area contributed by atoms with Crippen molar-refractivity contribution in [2.45, 2.75) is 51.7 Å². The van der Waals surface area contributed by atoms with Gasteiger partial charge in [-0.3, -0.25) is 0 Å². The Hall–Kier alpha value is -1.23. The van der Waals surface area contributed by atoms with Crippen molar-refractivity contribution in [3.05, 3.63) is 12.3 Å². The zero-order valence-corrected chi connectivity index (χ0v) is 13.2. The summed E-state index contributed by atoms with van der Waals surface area (Å²) in [6.07, 6.45) is 2.46. The summed E-state index contributed by atoms with van der Waals surface area (Å²) in [5.74, 6) is 0. The van der Waals surface area contributed by atoms with Crippen LogP contribution in [0.5, 0.6) is 0 Å². The number of nitrogens with one attached hydrogen (secondary N) is 1. The van der Waals surface area contributed by atoms with Crippen LogP contribution in [0.2, 0.25) is 0 Å². The van der Waals surface area contributed by atoms with Crippen molar-refractivity contribution in [1.82, 2.24) is 10.2 Å². The van der Waals surface area contributed by atoms with Crippen molar-refractivity contribution in [3.63, 3.8) is 0 Å². The fraction of sp³-hybridized carbons (Fsp3) is 0.800. The van der Waals surface area contributed by atoms with Gasteiger partial charge in [-0.15, -0.1) is 0 Å². The Morgan fingerprint density at radius 1 is 1.40 bits per heavy atom. The number of hydrogen-bond acceptors (Lipinski definition) is 4.